The quantitative estimate of drug-likeness (QED) is 0.515. The predicted octanol–water partition coefficient (Wildman–Crippen LogP) is 3.40. The summed E-state index contributed by atoms with van der Waals surface area (Å²) in [5, 5.41) is 0. The van der Waals surface area contributed by atoms with Crippen LogP contribution in [0.3, 0.4) is 0 Å². The van der Waals surface area contributed by atoms with Gasteiger partial charge in [0.15, 0.2) is 0 Å². The van der Waals surface area contributed by atoms with Gasteiger partial charge >= 0.3 is 0 Å². The van der Waals surface area contributed by atoms with Gasteiger partial charge in [0.05, 0.1) is 6.61 Å². The van der Waals surface area contributed by atoms with E-state index < -0.39 is 0 Å². The fraction of sp³-hybridized carbons (Fsp3) is 1.00. The van der Waals surface area contributed by atoms with Gasteiger partial charge in [0.2, 0.25) is 0 Å². The molecule has 2 heteroatoms. The van der Waals surface area contributed by atoms with Crippen LogP contribution in [0.15, 0.2) is 0 Å². The molecule has 0 aromatic heterocycles. The minimum absolute atomic E-state index is 0.447. The van der Waals surface area contributed by atoms with Gasteiger partial charge in [-0.1, -0.05) is 27.7 Å². The monoisotopic (exact) mass is 204 g/mol. The van der Waals surface area contributed by atoms with Crippen molar-refractivity contribution < 1.29 is 4.74 Å². The average molecular weight is 204 g/mol. The van der Waals surface area contributed by atoms with Crippen LogP contribution in [0.2, 0.25) is 0 Å². The minimum Gasteiger partial charge on any atom is -0.381 e. The SMILES string of the molecule is CC(CCOCCS)CC(C)(C)C. The van der Waals surface area contributed by atoms with Crippen molar-refractivity contribution in [3.63, 3.8) is 0 Å². The van der Waals surface area contributed by atoms with Gasteiger partial charge in [-0.15, -0.1) is 0 Å². The number of thiol groups is 1. The smallest absolute Gasteiger partial charge is 0.0554 e. The Morgan fingerprint density at radius 1 is 1.23 bits per heavy atom. The third-order valence-electron chi connectivity index (χ3n) is 1.95. The zero-order chi connectivity index (χ0) is 10.3. The summed E-state index contributed by atoms with van der Waals surface area (Å²) in [7, 11) is 0. The first-order valence-electron chi connectivity index (χ1n) is 5.14. The zero-order valence-corrected chi connectivity index (χ0v) is 10.4. The highest BCUT2D eigenvalue weighted by Gasteiger charge is 2.14. The maximum absolute atomic E-state index is 5.39. The fourth-order valence-electron chi connectivity index (χ4n) is 1.60. The molecule has 0 fully saturated rings. The van der Waals surface area contributed by atoms with Crippen molar-refractivity contribution in [3.05, 3.63) is 0 Å². The van der Waals surface area contributed by atoms with Crippen LogP contribution in [0.25, 0.3) is 0 Å². The van der Waals surface area contributed by atoms with E-state index in [2.05, 4.69) is 40.3 Å². The van der Waals surface area contributed by atoms with Gasteiger partial charge in [0.25, 0.3) is 0 Å². The molecule has 0 aromatic rings. The van der Waals surface area contributed by atoms with Crippen LogP contribution in [-0.2, 0) is 4.74 Å². The van der Waals surface area contributed by atoms with E-state index >= 15 is 0 Å². The van der Waals surface area contributed by atoms with E-state index in [1.165, 1.54) is 12.8 Å². The molecule has 0 rings (SSSR count). The van der Waals surface area contributed by atoms with Crippen molar-refractivity contribution in [2.45, 2.75) is 40.5 Å². The second-order valence-electron chi connectivity index (χ2n) is 4.99. The Morgan fingerprint density at radius 3 is 2.31 bits per heavy atom. The molecule has 0 saturated heterocycles. The third kappa shape index (κ3) is 10.2. The first-order valence-corrected chi connectivity index (χ1v) is 5.77. The summed E-state index contributed by atoms with van der Waals surface area (Å²) in [6, 6.07) is 0. The lowest BCUT2D eigenvalue weighted by atomic mass is 9.84. The molecule has 0 aliphatic carbocycles. The van der Waals surface area contributed by atoms with E-state index in [9.17, 15) is 0 Å². The van der Waals surface area contributed by atoms with Gasteiger partial charge < -0.3 is 4.74 Å². The molecular formula is C11H24OS. The van der Waals surface area contributed by atoms with Crippen LogP contribution in [0, 0.1) is 11.3 Å². The van der Waals surface area contributed by atoms with Crippen LogP contribution in [0.1, 0.15) is 40.5 Å². The topological polar surface area (TPSA) is 9.23 Å². The lowest BCUT2D eigenvalue weighted by Gasteiger charge is -2.23. The Morgan fingerprint density at radius 2 is 1.85 bits per heavy atom. The van der Waals surface area contributed by atoms with Crippen molar-refractivity contribution in [2.75, 3.05) is 19.0 Å². The van der Waals surface area contributed by atoms with E-state index in [-0.39, 0.29) is 0 Å². The molecule has 0 N–H and O–H groups in total. The maximum atomic E-state index is 5.39. The second kappa shape index (κ2) is 6.72. The van der Waals surface area contributed by atoms with Gasteiger partial charge in [-0.25, -0.2) is 0 Å². The Hall–Kier alpha value is 0.310. The summed E-state index contributed by atoms with van der Waals surface area (Å²) in [5.74, 6) is 1.59. The van der Waals surface area contributed by atoms with Gasteiger partial charge in [0.1, 0.15) is 0 Å². The average Bonchev–Trinajstić information content (AvgIpc) is 1.94. The number of hydrogen-bond acceptors (Lipinski definition) is 2. The summed E-state index contributed by atoms with van der Waals surface area (Å²) in [6.45, 7) is 10.8. The highest BCUT2D eigenvalue weighted by Crippen LogP contribution is 2.25. The van der Waals surface area contributed by atoms with Gasteiger partial charge in [0, 0.05) is 12.4 Å². The first kappa shape index (κ1) is 13.3. The molecule has 0 amide bonds. The first-order chi connectivity index (χ1) is 5.95. The van der Waals surface area contributed by atoms with Crippen molar-refractivity contribution in [1.82, 2.24) is 0 Å². The van der Waals surface area contributed by atoms with E-state index in [0.717, 1.165) is 24.9 Å². The normalized spacial score (nSPS) is 14.5. The predicted molar refractivity (Wildman–Crippen MR) is 62.5 cm³/mol. The molecule has 0 saturated carbocycles. The Bertz CT molecular complexity index is 118. The van der Waals surface area contributed by atoms with Crippen LogP contribution >= 0.6 is 12.6 Å². The van der Waals surface area contributed by atoms with E-state index in [1.54, 1.807) is 0 Å². The summed E-state index contributed by atoms with van der Waals surface area (Å²) in [4.78, 5) is 0. The molecule has 1 atom stereocenters. The molecule has 0 aliphatic rings. The van der Waals surface area contributed by atoms with Crippen LogP contribution in [-0.4, -0.2) is 19.0 Å². The lowest BCUT2D eigenvalue weighted by molar-refractivity contribution is 0.129. The Kier molecular flexibility index (Phi) is 6.88. The number of hydrogen-bond donors (Lipinski definition) is 1. The summed E-state index contributed by atoms with van der Waals surface area (Å²) < 4.78 is 5.39. The second-order valence-corrected chi connectivity index (χ2v) is 5.44. The fourth-order valence-corrected chi connectivity index (χ4v) is 1.73. The summed E-state index contributed by atoms with van der Waals surface area (Å²) >= 11 is 4.09. The molecule has 0 bridgehead atoms. The standard InChI is InChI=1S/C11H24OS/c1-10(9-11(2,3)4)5-6-12-7-8-13/h10,13H,5-9H2,1-4H3. The number of rotatable bonds is 6. The lowest BCUT2D eigenvalue weighted by Crippen LogP contribution is -2.13. The van der Waals surface area contributed by atoms with Gasteiger partial charge in [-0.3, -0.25) is 0 Å². The van der Waals surface area contributed by atoms with E-state index in [4.69, 9.17) is 4.74 Å². The third-order valence-corrected chi connectivity index (χ3v) is 2.13. The molecule has 0 spiro atoms. The Balaban J connectivity index is 3.35. The molecule has 1 unspecified atom stereocenters. The van der Waals surface area contributed by atoms with Crippen molar-refractivity contribution in [1.29, 1.82) is 0 Å². The van der Waals surface area contributed by atoms with Crippen LogP contribution in [0.5, 0.6) is 0 Å². The van der Waals surface area contributed by atoms with E-state index in [0.29, 0.717) is 5.41 Å². The molecule has 80 valence electrons. The number of ether oxygens (including phenoxy) is 1. The van der Waals surface area contributed by atoms with Crippen molar-refractivity contribution in [2.24, 2.45) is 11.3 Å². The van der Waals surface area contributed by atoms with Gasteiger partial charge in [-0.05, 0) is 24.2 Å². The zero-order valence-electron chi connectivity index (χ0n) is 9.47. The highest BCUT2D eigenvalue weighted by atomic mass is 32.1. The van der Waals surface area contributed by atoms with Crippen LogP contribution < -0.4 is 0 Å². The molecule has 13 heavy (non-hydrogen) atoms. The van der Waals surface area contributed by atoms with E-state index in [1.807, 2.05) is 0 Å². The van der Waals surface area contributed by atoms with Crippen LogP contribution in [0.4, 0.5) is 0 Å². The van der Waals surface area contributed by atoms with Gasteiger partial charge in [-0.2, -0.15) is 12.6 Å². The largest absolute Gasteiger partial charge is 0.381 e. The summed E-state index contributed by atoms with van der Waals surface area (Å²) in [5.41, 5.74) is 0.447. The molecule has 0 radical (unpaired) electrons. The summed E-state index contributed by atoms with van der Waals surface area (Å²) in [6.07, 6.45) is 2.45. The van der Waals surface area contributed by atoms with Crippen molar-refractivity contribution >= 4 is 12.6 Å². The molecule has 0 heterocycles. The Labute approximate surface area is 88.7 Å². The minimum atomic E-state index is 0.447. The molecule has 0 aromatic carbocycles. The van der Waals surface area contributed by atoms with Crippen molar-refractivity contribution in [3.8, 4) is 0 Å². The molecule has 1 nitrogen and oxygen atoms in total. The molecule has 0 aliphatic heterocycles. The maximum Gasteiger partial charge on any atom is 0.0554 e. The highest BCUT2D eigenvalue weighted by molar-refractivity contribution is 7.80. The molecular weight excluding hydrogens is 180 g/mol.